The summed E-state index contributed by atoms with van der Waals surface area (Å²) in [7, 11) is 0. The van der Waals surface area contributed by atoms with Crippen molar-refractivity contribution in [2.75, 3.05) is 6.54 Å². The molecule has 2 atom stereocenters. The molecule has 2 fully saturated rings. The van der Waals surface area contributed by atoms with E-state index in [1.54, 1.807) is 4.90 Å². The van der Waals surface area contributed by atoms with Crippen LogP contribution in [0.2, 0.25) is 0 Å². The molecule has 13 heavy (non-hydrogen) atoms. The van der Waals surface area contributed by atoms with Gasteiger partial charge in [0.1, 0.15) is 6.04 Å². The predicted octanol–water partition coefficient (Wildman–Crippen LogP) is 1.03. The van der Waals surface area contributed by atoms with E-state index in [4.69, 9.17) is 0 Å². The molecule has 4 heteroatoms. The molecule has 2 rings (SSSR count). The van der Waals surface area contributed by atoms with Crippen LogP contribution in [0.1, 0.15) is 26.2 Å². The van der Waals surface area contributed by atoms with Crippen LogP contribution in [-0.4, -0.2) is 33.8 Å². The van der Waals surface area contributed by atoms with Crippen molar-refractivity contribution in [3.05, 3.63) is 0 Å². The summed E-state index contributed by atoms with van der Waals surface area (Å²) in [6.45, 7) is 2.73. The smallest absolute Gasteiger partial charge is 0.224 e. The average molecular weight is 199 g/mol. The fourth-order valence-corrected chi connectivity index (χ4v) is 3.02. The summed E-state index contributed by atoms with van der Waals surface area (Å²) in [6, 6.07) is -0.109. The lowest BCUT2D eigenvalue weighted by Gasteiger charge is -2.19. The van der Waals surface area contributed by atoms with E-state index in [9.17, 15) is 9.59 Å². The van der Waals surface area contributed by atoms with Crippen LogP contribution in [0.25, 0.3) is 0 Å². The van der Waals surface area contributed by atoms with Gasteiger partial charge in [0.05, 0.1) is 0 Å². The molecule has 0 spiro atoms. The van der Waals surface area contributed by atoms with Crippen LogP contribution in [-0.2, 0) is 9.59 Å². The summed E-state index contributed by atoms with van der Waals surface area (Å²) < 4.78 is 0. The first kappa shape index (κ1) is 9.06. The summed E-state index contributed by atoms with van der Waals surface area (Å²) in [6.07, 6.45) is 2.37. The lowest BCUT2D eigenvalue weighted by atomic mass is 10.2. The van der Waals surface area contributed by atoms with E-state index in [1.165, 1.54) is 11.8 Å². The monoisotopic (exact) mass is 199 g/mol. The number of thioether (sulfide) groups is 1. The van der Waals surface area contributed by atoms with E-state index in [-0.39, 0.29) is 22.3 Å². The molecule has 2 aliphatic rings. The van der Waals surface area contributed by atoms with Crippen LogP contribution in [0, 0.1) is 0 Å². The summed E-state index contributed by atoms with van der Waals surface area (Å²) in [5, 5.41) is 0.349. The summed E-state index contributed by atoms with van der Waals surface area (Å²) in [5.41, 5.74) is 0. The molecule has 0 aromatic carbocycles. The van der Waals surface area contributed by atoms with Crippen molar-refractivity contribution in [1.29, 1.82) is 0 Å². The molecule has 0 aromatic rings. The highest BCUT2D eigenvalue weighted by molar-refractivity contribution is 8.14. The minimum atomic E-state index is -0.109. The molecular weight excluding hydrogens is 186 g/mol. The quantitative estimate of drug-likeness (QED) is 0.584. The largest absolute Gasteiger partial charge is 0.332 e. The highest BCUT2D eigenvalue weighted by Crippen LogP contribution is 2.30. The zero-order valence-electron chi connectivity index (χ0n) is 7.66. The van der Waals surface area contributed by atoms with E-state index in [0.29, 0.717) is 6.42 Å². The fraction of sp³-hybridized carbons (Fsp3) is 0.778. The molecule has 1 unspecified atom stereocenters. The first-order valence-electron chi connectivity index (χ1n) is 4.68. The molecular formula is C9H13NO2S. The Morgan fingerprint density at radius 1 is 1.46 bits per heavy atom. The average Bonchev–Trinajstić information content (AvgIpc) is 2.47. The lowest BCUT2D eigenvalue weighted by Crippen LogP contribution is -2.37. The minimum absolute atomic E-state index is 0.109. The third-order valence-electron chi connectivity index (χ3n) is 2.62. The topological polar surface area (TPSA) is 37.4 Å². The number of amides is 1. The van der Waals surface area contributed by atoms with E-state index in [0.717, 1.165) is 19.4 Å². The van der Waals surface area contributed by atoms with Gasteiger partial charge in [-0.2, -0.15) is 0 Å². The molecule has 2 aliphatic heterocycles. The first-order chi connectivity index (χ1) is 6.18. The Bertz CT molecular complexity index is 230. The van der Waals surface area contributed by atoms with E-state index in [2.05, 4.69) is 0 Å². The van der Waals surface area contributed by atoms with Gasteiger partial charge >= 0.3 is 0 Å². The molecule has 0 bridgehead atoms. The number of carbonyl (C=O) groups is 2. The van der Waals surface area contributed by atoms with Gasteiger partial charge in [0, 0.05) is 18.2 Å². The van der Waals surface area contributed by atoms with Crippen LogP contribution in [0.4, 0.5) is 0 Å². The Morgan fingerprint density at radius 3 is 3.00 bits per heavy atom. The van der Waals surface area contributed by atoms with Gasteiger partial charge in [0.25, 0.3) is 0 Å². The lowest BCUT2D eigenvalue weighted by molar-refractivity contribution is -0.134. The summed E-state index contributed by atoms with van der Waals surface area (Å²) in [5.74, 6) is 0.161. The maximum absolute atomic E-state index is 11.6. The maximum Gasteiger partial charge on any atom is 0.224 e. The molecule has 0 saturated carbocycles. The number of hydrogen-bond acceptors (Lipinski definition) is 3. The van der Waals surface area contributed by atoms with Crippen LogP contribution in [0.3, 0.4) is 0 Å². The van der Waals surface area contributed by atoms with Crippen LogP contribution >= 0.6 is 11.8 Å². The van der Waals surface area contributed by atoms with E-state index >= 15 is 0 Å². The Kier molecular flexibility index (Phi) is 2.32. The van der Waals surface area contributed by atoms with Crippen LogP contribution < -0.4 is 0 Å². The van der Waals surface area contributed by atoms with Gasteiger partial charge in [-0.1, -0.05) is 18.7 Å². The molecule has 2 saturated heterocycles. The van der Waals surface area contributed by atoms with Crippen molar-refractivity contribution in [2.24, 2.45) is 0 Å². The Hall–Kier alpha value is -0.510. The molecule has 0 aliphatic carbocycles. The number of fused-ring (bicyclic) bond motifs is 1. The van der Waals surface area contributed by atoms with Gasteiger partial charge in [0.15, 0.2) is 0 Å². The molecule has 0 radical (unpaired) electrons. The first-order valence-corrected chi connectivity index (χ1v) is 5.56. The third kappa shape index (κ3) is 1.59. The zero-order valence-corrected chi connectivity index (χ0v) is 8.47. The predicted molar refractivity (Wildman–Crippen MR) is 51.4 cm³/mol. The SMILES string of the molecule is CC1CC(=O)N2CCC[C@H]2C(=O)S1. The van der Waals surface area contributed by atoms with Gasteiger partial charge in [-0.15, -0.1) is 0 Å². The molecule has 72 valence electrons. The highest BCUT2D eigenvalue weighted by atomic mass is 32.2. The van der Waals surface area contributed by atoms with Crippen molar-refractivity contribution in [2.45, 2.75) is 37.5 Å². The standard InChI is InChI=1S/C9H13NO2S/c1-6-5-8(11)10-4-2-3-7(10)9(12)13-6/h6-7H,2-5H2,1H3/t6?,7-/m0/s1. The minimum Gasteiger partial charge on any atom is -0.332 e. The molecule has 1 amide bonds. The number of hydrogen-bond donors (Lipinski definition) is 0. The fourth-order valence-electron chi connectivity index (χ4n) is 1.99. The maximum atomic E-state index is 11.6. The number of carbonyl (C=O) groups excluding carboxylic acids is 2. The summed E-state index contributed by atoms with van der Waals surface area (Å²) in [4.78, 5) is 25.0. The van der Waals surface area contributed by atoms with Gasteiger partial charge in [-0.25, -0.2) is 0 Å². The van der Waals surface area contributed by atoms with Crippen molar-refractivity contribution in [3.63, 3.8) is 0 Å². The molecule has 0 N–H and O–H groups in total. The van der Waals surface area contributed by atoms with Crippen molar-refractivity contribution < 1.29 is 9.59 Å². The zero-order chi connectivity index (χ0) is 9.42. The second-order valence-corrected chi connectivity index (χ2v) is 5.14. The third-order valence-corrected chi connectivity index (χ3v) is 3.70. The normalized spacial score (nSPS) is 34.7. The van der Waals surface area contributed by atoms with Gasteiger partial charge in [0.2, 0.25) is 11.0 Å². The van der Waals surface area contributed by atoms with Gasteiger partial charge in [-0.05, 0) is 12.8 Å². The molecule has 3 nitrogen and oxygen atoms in total. The Balaban J connectivity index is 2.21. The molecule has 2 heterocycles. The van der Waals surface area contributed by atoms with E-state index < -0.39 is 0 Å². The van der Waals surface area contributed by atoms with Crippen molar-refractivity contribution in [3.8, 4) is 0 Å². The number of nitrogens with zero attached hydrogens (tertiary/aromatic N) is 1. The van der Waals surface area contributed by atoms with Gasteiger partial charge in [-0.3, -0.25) is 9.59 Å². The summed E-state index contributed by atoms with van der Waals surface area (Å²) >= 11 is 1.34. The Morgan fingerprint density at radius 2 is 2.23 bits per heavy atom. The van der Waals surface area contributed by atoms with E-state index in [1.807, 2.05) is 6.92 Å². The highest BCUT2D eigenvalue weighted by Gasteiger charge is 2.38. The Labute approximate surface area is 81.9 Å². The second kappa shape index (κ2) is 3.33. The van der Waals surface area contributed by atoms with Crippen molar-refractivity contribution >= 4 is 22.8 Å². The van der Waals surface area contributed by atoms with Crippen molar-refractivity contribution in [1.82, 2.24) is 4.90 Å². The van der Waals surface area contributed by atoms with Crippen LogP contribution in [0.15, 0.2) is 0 Å². The molecule has 0 aromatic heterocycles. The van der Waals surface area contributed by atoms with Gasteiger partial charge < -0.3 is 4.90 Å². The number of rotatable bonds is 0. The second-order valence-electron chi connectivity index (χ2n) is 3.70. The van der Waals surface area contributed by atoms with Crippen LogP contribution in [0.5, 0.6) is 0 Å².